The van der Waals surface area contributed by atoms with Crippen LogP contribution in [0.25, 0.3) is 0 Å². The molecule has 2 rings (SSSR count). The van der Waals surface area contributed by atoms with Crippen molar-refractivity contribution in [1.29, 1.82) is 0 Å². The van der Waals surface area contributed by atoms with Gasteiger partial charge in [-0.25, -0.2) is 4.39 Å². The molecule has 5 heteroatoms. The highest BCUT2D eigenvalue weighted by molar-refractivity contribution is 6.06. The number of methoxy groups -OCH3 is 1. The molecular formula is C16H17FN2O2. The molecule has 0 spiro atoms. The van der Waals surface area contributed by atoms with Crippen LogP contribution in [0.4, 0.5) is 10.1 Å². The Kier molecular flexibility index (Phi) is 4.55. The second kappa shape index (κ2) is 6.37. The first-order valence-corrected chi connectivity index (χ1v) is 6.47. The lowest BCUT2D eigenvalue weighted by Crippen LogP contribution is -2.27. The fourth-order valence-corrected chi connectivity index (χ4v) is 1.95. The zero-order chi connectivity index (χ0) is 15.4. The summed E-state index contributed by atoms with van der Waals surface area (Å²) >= 11 is 0. The Morgan fingerprint density at radius 2 is 1.90 bits per heavy atom. The van der Waals surface area contributed by atoms with E-state index in [1.807, 2.05) is 12.1 Å². The van der Waals surface area contributed by atoms with Crippen LogP contribution in [0.3, 0.4) is 0 Å². The molecule has 0 aliphatic rings. The van der Waals surface area contributed by atoms with Gasteiger partial charge in [-0.1, -0.05) is 12.1 Å². The maximum absolute atomic E-state index is 13.9. The minimum Gasteiger partial charge on any atom is -0.497 e. The molecule has 2 aromatic carbocycles. The molecule has 0 atom stereocenters. The van der Waals surface area contributed by atoms with Crippen molar-refractivity contribution in [2.45, 2.75) is 6.54 Å². The number of anilines is 1. The highest BCUT2D eigenvalue weighted by Gasteiger charge is 2.18. The first-order valence-electron chi connectivity index (χ1n) is 6.47. The van der Waals surface area contributed by atoms with Crippen LogP contribution < -0.4 is 15.4 Å². The summed E-state index contributed by atoms with van der Waals surface area (Å²) in [5, 5.41) is 0. The van der Waals surface area contributed by atoms with Gasteiger partial charge in [0.1, 0.15) is 11.6 Å². The SMILES string of the molecule is COc1ccc(C(=O)N(C)c2ccc(CN)cc2)c(F)c1. The number of nitrogens with zero attached hydrogens (tertiary/aromatic N) is 1. The summed E-state index contributed by atoms with van der Waals surface area (Å²) < 4.78 is 18.9. The van der Waals surface area contributed by atoms with Gasteiger partial charge in [-0.2, -0.15) is 0 Å². The summed E-state index contributed by atoms with van der Waals surface area (Å²) in [6, 6.07) is 11.4. The molecular weight excluding hydrogens is 271 g/mol. The molecule has 0 fully saturated rings. The summed E-state index contributed by atoms with van der Waals surface area (Å²) in [5.41, 5.74) is 7.17. The minimum absolute atomic E-state index is 0.00111. The number of carbonyl (C=O) groups is 1. The summed E-state index contributed by atoms with van der Waals surface area (Å²) in [5.74, 6) is -0.653. The zero-order valence-electron chi connectivity index (χ0n) is 12.0. The Morgan fingerprint density at radius 1 is 1.24 bits per heavy atom. The first-order chi connectivity index (χ1) is 10.1. The van der Waals surface area contributed by atoms with Crippen molar-refractivity contribution in [3.05, 3.63) is 59.4 Å². The fraction of sp³-hybridized carbons (Fsp3) is 0.188. The van der Waals surface area contributed by atoms with Crippen molar-refractivity contribution in [2.24, 2.45) is 5.73 Å². The molecule has 0 radical (unpaired) electrons. The average Bonchev–Trinajstić information content (AvgIpc) is 2.53. The van der Waals surface area contributed by atoms with Gasteiger partial charge in [-0.15, -0.1) is 0 Å². The standard InChI is InChI=1S/C16H17FN2O2/c1-19(12-5-3-11(10-18)4-6-12)16(20)14-8-7-13(21-2)9-15(14)17/h3-9H,10,18H2,1-2H3. The van der Waals surface area contributed by atoms with Crippen molar-refractivity contribution >= 4 is 11.6 Å². The van der Waals surface area contributed by atoms with Gasteiger partial charge >= 0.3 is 0 Å². The molecule has 0 saturated heterocycles. The van der Waals surface area contributed by atoms with Gasteiger partial charge in [0.25, 0.3) is 5.91 Å². The van der Waals surface area contributed by atoms with E-state index in [1.54, 1.807) is 25.2 Å². The molecule has 0 saturated carbocycles. The smallest absolute Gasteiger partial charge is 0.260 e. The third kappa shape index (κ3) is 3.20. The molecule has 0 aliphatic heterocycles. The zero-order valence-corrected chi connectivity index (χ0v) is 12.0. The number of benzene rings is 2. The summed E-state index contributed by atoms with van der Waals surface area (Å²) in [6.45, 7) is 0.436. The predicted octanol–water partition coefficient (Wildman–Crippen LogP) is 2.57. The van der Waals surface area contributed by atoms with Crippen LogP contribution in [0.5, 0.6) is 5.75 Å². The number of hydrogen-bond acceptors (Lipinski definition) is 3. The monoisotopic (exact) mass is 288 g/mol. The van der Waals surface area contributed by atoms with E-state index in [-0.39, 0.29) is 5.56 Å². The molecule has 0 unspecified atom stereocenters. The van der Waals surface area contributed by atoms with Crippen molar-refractivity contribution < 1.29 is 13.9 Å². The van der Waals surface area contributed by atoms with Crippen molar-refractivity contribution in [3.8, 4) is 5.75 Å². The van der Waals surface area contributed by atoms with Crippen molar-refractivity contribution in [2.75, 3.05) is 19.1 Å². The molecule has 21 heavy (non-hydrogen) atoms. The second-order valence-electron chi connectivity index (χ2n) is 4.58. The molecule has 4 nitrogen and oxygen atoms in total. The molecule has 2 aromatic rings. The minimum atomic E-state index is -0.607. The highest BCUT2D eigenvalue weighted by atomic mass is 19.1. The Morgan fingerprint density at radius 3 is 2.43 bits per heavy atom. The molecule has 2 N–H and O–H groups in total. The predicted molar refractivity (Wildman–Crippen MR) is 80.0 cm³/mol. The molecule has 1 amide bonds. The Balaban J connectivity index is 2.25. The van der Waals surface area contributed by atoms with Crippen LogP contribution in [0, 0.1) is 5.82 Å². The summed E-state index contributed by atoms with van der Waals surface area (Å²) in [6.07, 6.45) is 0. The second-order valence-corrected chi connectivity index (χ2v) is 4.58. The van der Waals surface area contributed by atoms with E-state index >= 15 is 0 Å². The molecule has 0 aromatic heterocycles. The lowest BCUT2D eigenvalue weighted by molar-refractivity contribution is 0.0989. The van der Waals surface area contributed by atoms with Gasteiger partial charge in [0.15, 0.2) is 0 Å². The average molecular weight is 288 g/mol. The Bertz CT molecular complexity index is 641. The van der Waals surface area contributed by atoms with Crippen LogP contribution in [0.15, 0.2) is 42.5 Å². The molecule has 110 valence electrons. The lowest BCUT2D eigenvalue weighted by atomic mass is 10.1. The first kappa shape index (κ1) is 15.0. The van der Waals surface area contributed by atoms with Crippen molar-refractivity contribution in [1.82, 2.24) is 0 Å². The van der Waals surface area contributed by atoms with Gasteiger partial charge in [0.2, 0.25) is 0 Å². The van der Waals surface area contributed by atoms with E-state index in [2.05, 4.69) is 0 Å². The number of nitrogens with two attached hydrogens (primary N) is 1. The number of amides is 1. The molecule has 0 bridgehead atoms. The third-order valence-corrected chi connectivity index (χ3v) is 3.27. The number of ether oxygens (including phenoxy) is 1. The van der Waals surface area contributed by atoms with Gasteiger partial charge < -0.3 is 15.4 Å². The molecule has 0 heterocycles. The normalized spacial score (nSPS) is 10.3. The van der Waals surface area contributed by atoms with E-state index in [0.29, 0.717) is 18.0 Å². The van der Waals surface area contributed by atoms with Gasteiger partial charge in [0.05, 0.1) is 12.7 Å². The number of rotatable bonds is 4. The van der Waals surface area contributed by atoms with E-state index in [4.69, 9.17) is 10.5 Å². The fourth-order valence-electron chi connectivity index (χ4n) is 1.95. The highest BCUT2D eigenvalue weighted by Crippen LogP contribution is 2.21. The third-order valence-electron chi connectivity index (χ3n) is 3.27. The van der Waals surface area contributed by atoms with E-state index in [1.165, 1.54) is 24.1 Å². The van der Waals surface area contributed by atoms with Crippen LogP contribution in [-0.4, -0.2) is 20.1 Å². The maximum Gasteiger partial charge on any atom is 0.260 e. The van der Waals surface area contributed by atoms with Crippen LogP contribution in [0.2, 0.25) is 0 Å². The Hall–Kier alpha value is -2.40. The Labute approximate surface area is 122 Å². The number of halogens is 1. The van der Waals surface area contributed by atoms with Gasteiger partial charge in [-0.3, -0.25) is 4.79 Å². The number of carbonyl (C=O) groups excluding carboxylic acids is 1. The van der Waals surface area contributed by atoms with E-state index in [0.717, 1.165) is 5.56 Å². The lowest BCUT2D eigenvalue weighted by Gasteiger charge is -2.18. The quantitative estimate of drug-likeness (QED) is 0.940. The topological polar surface area (TPSA) is 55.6 Å². The van der Waals surface area contributed by atoms with E-state index < -0.39 is 11.7 Å². The largest absolute Gasteiger partial charge is 0.497 e. The van der Waals surface area contributed by atoms with E-state index in [9.17, 15) is 9.18 Å². The van der Waals surface area contributed by atoms with Gasteiger partial charge in [0, 0.05) is 25.3 Å². The maximum atomic E-state index is 13.9. The van der Waals surface area contributed by atoms with Crippen molar-refractivity contribution in [3.63, 3.8) is 0 Å². The van der Waals surface area contributed by atoms with Crippen LogP contribution >= 0.6 is 0 Å². The summed E-state index contributed by atoms with van der Waals surface area (Å²) in [4.78, 5) is 13.7. The number of hydrogen-bond donors (Lipinski definition) is 1. The van der Waals surface area contributed by atoms with Crippen LogP contribution in [-0.2, 0) is 6.54 Å². The van der Waals surface area contributed by atoms with Gasteiger partial charge in [-0.05, 0) is 29.8 Å². The summed E-state index contributed by atoms with van der Waals surface area (Å²) in [7, 11) is 3.05. The molecule has 0 aliphatic carbocycles. The van der Waals surface area contributed by atoms with Crippen LogP contribution in [0.1, 0.15) is 15.9 Å².